The zero-order valence-electron chi connectivity index (χ0n) is 12.9. The summed E-state index contributed by atoms with van der Waals surface area (Å²) in [6.45, 7) is 2.12. The summed E-state index contributed by atoms with van der Waals surface area (Å²) in [6, 6.07) is 0. The maximum absolute atomic E-state index is 12.5. The van der Waals surface area contributed by atoms with Crippen LogP contribution in [0.3, 0.4) is 0 Å². The van der Waals surface area contributed by atoms with Crippen LogP contribution in [0.15, 0.2) is 42.2 Å². The van der Waals surface area contributed by atoms with E-state index < -0.39 is 0 Å². The monoisotopic (exact) mass is 321 g/mol. The third-order valence-electron chi connectivity index (χ3n) is 4.00. The first kappa shape index (κ1) is 14.6. The van der Waals surface area contributed by atoms with Crippen molar-refractivity contribution in [2.45, 2.75) is 19.5 Å². The van der Waals surface area contributed by atoms with Gasteiger partial charge in [-0.3, -0.25) is 9.69 Å². The molecule has 8 nitrogen and oxygen atoms in total. The second kappa shape index (κ2) is 6.25. The number of nitrogens with one attached hydrogen (secondary N) is 1. The van der Waals surface area contributed by atoms with E-state index in [-0.39, 0.29) is 5.56 Å². The van der Waals surface area contributed by atoms with Gasteiger partial charge < -0.3 is 4.98 Å². The molecule has 24 heavy (non-hydrogen) atoms. The van der Waals surface area contributed by atoms with Crippen molar-refractivity contribution in [3.63, 3.8) is 0 Å². The van der Waals surface area contributed by atoms with Gasteiger partial charge in [0, 0.05) is 56.4 Å². The summed E-state index contributed by atoms with van der Waals surface area (Å²) < 4.78 is 0. The Morgan fingerprint density at radius 1 is 1.04 bits per heavy atom. The molecule has 8 heteroatoms. The Morgan fingerprint density at radius 3 is 2.50 bits per heavy atom. The third kappa shape index (κ3) is 2.91. The predicted molar refractivity (Wildman–Crippen MR) is 85.7 cm³/mol. The number of aromatic nitrogens is 6. The molecule has 0 atom stereocenters. The summed E-state index contributed by atoms with van der Waals surface area (Å²) in [5.41, 5.74) is 3.20. The zero-order valence-corrected chi connectivity index (χ0v) is 12.9. The van der Waals surface area contributed by atoms with E-state index in [9.17, 15) is 4.79 Å². The van der Waals surface area contributed by atoms with Gasteiger partial charge in [-0.25, -0.2) is 24.9 Å². The zero-order chi connectivity index (χ0) is 16.4. The Hall–Kier alpha value is -3.00. The fraction of sp³-hybridized carbons (Fsp3) is 0.250. The lowest BCUT2D eigenvalue weighted by Gasteiger charge is -2.27. The summed E-state index contributed by atoms with van der Waals surface area (Å²) in [7, 11) is 0. The van der Waals surface area contributed by atoms with Crippen molar-refractivity contribution in [1.82, 2.24) is 34.8 Å². The van der Waals surface area contributed by atoms with Gasteiger partial charge in [0.05, 0.1) is 16.8 Å². The fourth-order valence-corrected chi connectivity index (χ4v) is 2.84. The first-order valence-corrected chi connectivity index (χ1v) is 7.63. The molecular weight excluding hydrogens is 306 g/mol. The summed E-state index contributed by atoms with van der Waals surface area (Å²) in [4.78, 5) is 38.1. The van der Waals surface area contributed by atoms with Crippen molar-refractivity contribution >= 4 is 0 Å². The van der Waals surface area contributed by atoms with Crippen molar-refractivity contribution in [2.75, 3.05) is 6.54 Å². The van der Waals surface area contributed by atoms with Crippen LogP contribution in [0.1, 0.15) is 16.8 Å². The molecule has 3 aromatic heterocycles. The number of hydrogen-bond acceptors (Lipinski definition) is 7. The van der Waals surface area contributed by atoms with Gasteiger partial charge in [0.25, 0.3) is 5.56 Å². The van der Waals surface area contributed by atoms with E-state index in [0.717, 1.165) is 29.8 Å². The Kier molecular flexibility index (Phi) is 3.80. The van der Waals surface area contributed by atoms with Gasteiger partial charge in [0.2, 0.25) is 0 Å². The van der Waals surface area contributed by atoms with Crippen LogP contribution in [0.2, 0.25) is 0 Å². The molecule has 0 aromatic carbocycles. The molecular formula is C16H15N7O. The summed E-state index contributed by atoms with van der Waals surface area (Å²) in [6.07, 6.45) is 10.6. The highest BCUT2D eigenvalue weighted by Gasteiger charge is 2.21. The molecule has 0 saturated heterocycles. The van der Waals surface area contributed by atoms with Crippen LogP contribution in [-0.4, -0.2) is 41.3 Å². The quantitative estimate of drug-likeness (QED) is 0.753. The predicted octanol–water partition coefficient (Wildman–Crippen LogP) is 0.575. The van der Waals surface area contributed by atoms with Crippen LogP contribution < -0.4 is 5.56 Å². The molecule has 0 unspecified atom stereocenters. The third-order valence-corrected chi connectivity index (χ3v) is 4.00. The topological polar surface area (TPSA) is 101 Å². The lowest BCUT2D eigenvalue weighted by Crippen LogP contribution is -2.35. The van der Waals surface area contributed by atoms with E-state index in [4.69, 9.17) is 0 Å². The van der Waals surface area contributed by atoms with E-state index >= 15 is 0 Å². The Bertz CT molecular complexity index is 895. The van der Waals surface area contributed by atoms with E-state index in [1.807, 2.05) is 0 Å². The highest BCUT2D eigenvalue weighted by atomic mass is 16.1. The van der Waals surface area contributed by atoms with Crippen molar-refractivity contribution in [3.05, 3.63) is 64.6 Å². The molecule has 4 heterocycles. The van der Waals surface area contributed by atoms with Gasteiger partial charge in [0.1, 0.15) is 18.5 Å². The summed E-state index contributed by atoms with van der Waals surface area (Å²) in [5.74, 6) is 0.518. The molecule has 4 rings (SSSR count). The van der Waals surface area contributed by atoms with Crippen LogP contribution in [-0.2, 0) is 19.5 Å². The highest BCUT2D eigenvalue weighted by molar-refractivity contribution is 5.52. The molecule has 0 aliphatic carbocycles. The second-order valence-corrected chi connectivity index (χ2v) is 5.67. The van der Waals surface area contributed by atoms with Crippen molar-refractivity contribution in [3.8, 4) is 11.4 Å². The lowest BCUT2D eigenvalue weighted by molar-refractivity contribution is 0.241. The minimum Gasteiger partial charge on any atom is -0.306 e. The average molecular weight is 321 g/mol. The Morgan fingerprint density at radius 2 is 1.75 bits per heavy atom. The van der Waals surface area contributed by atoms with Gasteiger partial charge in [-0.05, 0) is 0 Å². The maximum atomic E-state index is 12.5. The molecule has 0 amide bonds. The molecule has 120 valence electrons. The van der Waals surface area contributed by atoms with Crippen LogP contribution >= 0.6 is 0 Å². The molecule has 0 bridgehead atoms. The molecule has 1 aliphatic heterocycles. The molecule has 0 radical (unpaired) electrons. The lowest BCUT2D eigenvalue weighted by atomic mass is 10.1. The van der Waals surface area contributed by atoms with Gasteiger partial charge >= 0.3 is 0 Å². The second-order valence-electron chi connectivity index (χ2n) is 5.67. The van der Waals surface area contributed by atoms with Gasteiger partial charge in [-0.15, -0.1) is 0 Å². The normalized spacial score (nSPS) is 14.3. The standard InChI is InChI=1S/C16H15N7O/c24-16-13-8-23(7-11-3-17-9-18-4-11)2-1-14(13)21-15(22-16)12-5-19-10-20-6-12/h3-6,9-10H,1-2,7-8H2,(H,21,22,24). The minimum atomic E-state index is -0.104. The first-order chi connectivity index (χ1) is 11.8. The molecule has 3 aromatic rings. The Labute approximate surface area is 137 Å². The van der Waals surface area contributed by atoms with Crippen LogP contribution in [0.25, 0.3) is 11.4 Å². The minimum absolute atomic E-state index is 0.104. The fourth-order valence-electron chi connectivity index (χ4n) is 2.84. The molecule has 0 saturated carbocycles. The van der Waals surface area contributed by atoms with Crippen molar-refractivity contribution in [1.29, 1.82) is 0 Å². The van der Waals surface area contributed by atoms with E-state index in [2.05, 4.69) is 34.8 Å². The number of fused-ring (bicyclic) bond motifs is 1. The maximum Gasteiger partial charge on any atom is 0.255 e. The molecule has 0 spiro atoms. The van der Waals surface area contributed by atoms with Crippen molar-refractivity contribution < 1.29 is 0 Å². The number of H-pyrrole nitrogens is 1. The van der Waals surface area contributed by atoms with Gasteiger partial charge in [0.15, 0.2) is 0 Å². The van der Waals surface area contributed by atoms with Crippen LogP contribution in [0.5, 0.6) is 0 Å². The largest absolute Gasteiger partial charge is 0.306 e. The van der Waals surface area contributed by atoms with Gasteiger partial charge in [-0.2, -0.15) is 0 Å². The Balaban J connectivity index is 1.60. The van der Waals surface area contributed by atoms with Gasteiger partial charge in [-0.1, -0.05) is 0 Å². The number of hydrogen-bond donors (Lipinski definition) is 1. The van der Waals surface area contributed by atoms with Crippen molar-refractivity contribution in [2.24, 2.45) is 0 Å². The molecule has 0 fully saturated rings. The molecule has 1 N–H and O–H groups in total. The smallest absolute Gasteiger partial charge is 0.255 e. The SMILES string of the molecule is O=c1[nH]c(-c2cncnc2)nc2c1CN(Cc1cncnc1)CC2. The number of aromatic amines is 1. The van der Waals surface area contributed by atoms with E-state index in [0.29, 0.717) is 24.5 Å². The average Bonchev–Trinajstić information content (AvgIpc) is 2.64. The van der Waals surface area contributed by atoms with Crippen LogP contribution in [0.4, 0.5) is 0 Å². The first-order valence-electron chi connectivity index (χ1n) is 7.63. The summed E-state index contributed by atoms with van der Waals surface area (Å²) in [5, 5.41) is 0. The molecule has 1 aliphatic rings. The summed E-state index contributed by atoms with van der Waals surface area (Å²) >= 11 is 0. The number of nitrogens with zero attached hydrogens (tertiary/aromatic N) is 6. The number of rotatable bonds is 3. The highest BCUT2D eigenvalue weighted by Crippen LogP contribution is 2.18. The van der Waals surface area contributed by atoms with Crippen LogP contribution in [0, 0.1) is 0 Å². The van der Waals surface area contributed by atoms with E-state index in [1.54, 1.807) is 24.8 Å². The van der Waals surface area contributed by atoms with E-state index in [1.165, 1.54) is 12.7 Å².